The summed E-state index contributed by atoms with van der Waals surface area (Å²) in [4.78, 5) is 0. The molecule has 0 radical (unpaired) electrons. The van der Waals surface area contributed by atoms with Crippen LogP contribution in [0.15, 0.2) is 25.0 Å². The van der Waals surface area contributed by atoms with Gasteiger partial charge in [-0.2, -0.15) is 5.10 Å². The van der Waals surface area contributed by atoms with Crippen LogP contribution >= 0.6 is 0 Å². The Hall–Kier alpha value is -1.69. The second-order valence-corrected chi connectivity index (χ2v) is 4.03. The van der Waals surface area contributed by atoms with Gasteiger partial charge in [-0.25, -0.2) is 0 Å². The van der Waals surface area contributed by atoms with E-state index in [-0.39, 0.29) is 0 Å². The Bertz CT molecular complexity index is 440. The predicted molar refractivity (Wildman–Crippen MR) is 58.3 cm³/mol. The highest BCUT2D eigenvalue weighted by molar-refractivity contribution is 5.24. The number of aromatic nitrogens is 5. The zero-order valence-electron chi connectivity index (χ0n) is 8.95. The van der Waals surface area contributed by atoms with Crippen LogP contribution < -0.4 is 5.32 Å². The minimum Gasteiger partial charge on any atom is -0.317 e. The molecule has 0 aliphatic carbocycles. The molecule has 1 aliphatic rings. The summed E-state index contributed by atoms with van der Waals surface area (Å²) < 4.78 is 3.92. The van der Waals surface area contributed by atoms with Crippen molar-refractivity contribution in [3.63, 3.8) is 0 Å². The van der Waals surface area contributed by atoms with Crippen LogP contribution in [-0.2, 0) is 0 Å². The van der Waals surface area contributed by atoms with Gasteiger partial charge in [-0.15, -0.1) is 10.2 Å². The maximum Gasteiger partial charge on any atom is 0.124 e. The van der Waals surface area contributed by atoms with Gasteiger partial charge < -0.3 is 5.32 Å². The van der Waals surface area contributed by atoms with Crippen molar-refractivity contribution in [1.29, 1.82) is 0 Å². The molecule has 0 saturated carbocycles. The zero-order chi connectivity index (χ0) is 10.8. The van der Waals surface area contributed by atoms with E-state index in [1.54, 1.807) is 12.7 Å². The molecule has 2 aromatic heterocycles. The van der Waals surface area contributed by atoms with Gasteiger partial charge in [-0.3, -0.25) is 9.25 Å². The monoisotopic (exact) mass is 218 g/mol. The van der Waals surface area contributed by atoms with Gasteiger partial charge >= 0.3 is 0 Å². The lowest BCUT2D eigenvalue weighted by Crippen LogP contribution is -2.29. The Labute approximate surface area is 93.3 Å². The van der Waals surface area contributed by atoms with E-state index in [0.717, 1.165) is 31.6 Å². The van der Waals surface area contributed by atoms with Crippen LogP contribution in [0.1, 0.15) is 18.9 Å². The second-order valence-electron chi connectivity index (χ2n) is 4.03. The lowest BCUT2D eigenvalue weighted by molar-refractivity contribution is 0.343. The fraction of sp³-hybridized carbons (Fsp3) is 0.500. The molecule has 0 aromatic carbocycles. The van der Waals surface area contributed by atoms with Gasteiger partial charge in [-0.1, -0.05) is 0 Å². The first-order valence-electron chi connectivity index (χ1n) is 5.53. The van der Waals surface area contributed by atoms with Gasteiger partial charge in [-0.05, 0) is 25.9 Å². The van der Waals surface area contributed by atoms with E-state index in [0.29, 0.717) is 6.04 Å². The fourth-order valence-electron chi connectivity index (χ4n) is 2.07. The summed E-state index contributed by atoms with van der Waals surface area (Å²) in [6.45, 7) is 2.15. The largest absolute Gasteiger partial charge is 0.317 e. The molecule has 1 saturated heterocycles. The van der Waals surface area contributed by atoms with E-state index in [1.807, 2.05) is 10.8 Å². The van der Waals surface area contributed by atoms with Gasteiger partial charge in [0, 0.05) is 6.20 Å². The van der Waals surface area contributed by atoms with Crippen LogP contribution in [0, 0.1) is 0 Å². The molecule has 0 bridgehead atoms. The Balaban J connectivity index is 1.82. The first-order chi connectivity index (χ1) is 7.93. The number of piperidine rings is 1. The van der Waals surface area contributed by atoms with E-state index < -0.39 is 0 Å². The van der Waals surface area contributed by atoms with Gasteiger partial charge in [0.25, 0.3) is 0 Å². The first kappa shape index (κ1) is 9.53. The van der Waals surface area contributed by atoms with Crippen molar-refractivity contribution in [1.82, 2.24) is 29.9 Å². The van der Waals surface area contributed by atoms with Crippen molar-refractivity contribution in [2.45, 2.75) is 18.9 Å². The molecule has 1 aliphatic heterocycles. The smallest absolute Gasteiger partial charge is 0.124 e. The third-order valence-electron chi connectivity index (χ3n) is 2.99. The van der Waals surface area contributed by atoms with Crippen molar-refractivity contribution < 1.29 is 0 Å². The number of hydrogen-bond donors (Lipinski definition) is 1. The maximum absolute atomic E-state index is 4.41. The van der Waals surface area contributed by atoms with Crippen molar-refractivity contribution in [3.8, 4) is 5.69 Å². The SMILES string of the molecule is c1nn(C2CCNCC2)cc1-n1cnnc1. The highest BCUT2D eigenvalue weighted by Crippen LogP contribution is 2.18. The highest BCUT2D eigenvalue weighted by Gasteiger charge is 2.15. The molecule has 2 aromatic rings. The number of hydrogen-bond acceptors (Lipinski definition) is 4. The van der Waals surface area contributed by atoms with Crippen molar-refractivity contribution >= 4 is 0 Å². The lowest BCUT2D eigenvalue weighted by Gasteiger charge is -2.22. The fourth-order valence-corrected chi connectivity index (χ4v) is 2.07. The van der Waals surface area contributed by atoms with Gasteiger partial charge in [0.05, 0.1) is 17.9 Å². The van der Waals surface area contributed by atoms with Crippen LogP contribution in [0.5, 0.6) is 0 Å². The number of nitrogens with one attached hydrogen (secondary N) is 1. The Morgan fingerprint density at radius 3 is 2.69 bits per heavy atom. The van der Waals surface area contributed by atoms with E-state index in [9.17, 15) is 0 Å². The molecule has 6 nitrogen and oxygen atoms in total. The summed E-state index contributed by atoms with van der Waals surface area (Å²) in [5.41, 5.74) is 1.02. The molecular weight excluding hydrogens is 204 g/mol. The van der Waals surface area contributed by atoms with Crippen LogP contribution in [0.25, 0.3) is 5.69 Å². The van der Waals surface area contributed by atoms with Crippen LogP contribution in [0.3, 0.4) is 0 Å². The highest BCUT2D eigenvalue weighted by atomic mass is 15.3. The van der Waals surface area contributed by atoms with Gasteiger partial charge in [0.15, 0.2) is 0 Å². The molecule has 0 amide bonds. The summed E-state index contributed by atoms with van der Waals surface area (Å²) >= 11 is 0. The summed E-state index contributed by atoms with van der Waals surface area (Å²) in [5.74, 6) is 0. The average Bonchev–Trinajstić information content (AvgIpc) is 3.01. The quantitative estimate of drug-likeness (QED) is 0.792. The van der Waals surface area contributed by atoms with Crippen LogP contribution in [0.2, 0.25) is 0 Å². The molecule has 0 atom stereocenters. The summed E-state index contributed by atoms with van der Waals surface area (Å²) in [6.07, 6.45) is 9.56. The summed E-state index contributed by atoms with van der Waals surface area (Å²) in [6, 6.07) is 0.520. The number of nitrogens with zero attached hydrogens (tertiary/aromatic N) is 5. The average molecular weight is 218 g/mol. The minimum atomic E-state index is 0.520. The zero-order valence-corrected chi connectivity index (χ0v) is 8.95. The molecule has 0 spiro atoms. The van der Waals surface area contributed by atoms with Crippen LogP contribution in [0.4, 0.5) is 0 Å². The Morgan fingerprint density at radius 2 is 1.94 bits per heavy atom. The molecule has 3 heterocycles. The minimum absolute atomic E-state index is 0.520. The van der Waals surface area contributed by atoms with Gasteiger partial charge in [0.1, 0.15) is 12.7 Å². The molecule has 6 heteroatoms. The molecule has 84 valence electrons. The maximum atomic E-state index is 4.41. The van der Waals surface area contributed by atoms with Crippen molar-refractivity contribution in [2.75, 3.05) is 13.1 Å². The molecule has 3 rings (SSSR count). The molecule has 1 fully saturated rings. The Kier molecular flexibility index (Phi) is 2.41. The van der Waals surface area contributed by atoms with E-state index >= 15 is 0 Å². The third kappa shape index (κ3) is 1.71. The molecule has 0 unspecified atom stereocenters. The molecule has 1 N–H and O–H groups in total. The van der Waals surface area contributed by atoms with E-state index in [1.165, 1.54) is 0 Å². The first-order valence-corrected chi connectivity index (χ1v) is 5.53. The normalized spacial score (nSPS) is 17.8. The second kappa shape index (κ2) is 4.05. The number of rotatable bonds is 2. The third-order valence-corrected chi connectivity index (χ3v) is 2.99. The van der Waals surface area contributed by atoms with Crippen molar-refractivity contribution in [2.24, 2.45) is 0 Å². The van der Waals surface area contributed by atoms with E-state index in [4.69, 9.17) is 0 Å². The lowest BCUT2D eigenvalue weighted by atomic mass is 10.1. The standard InChI is InChI=1S/C10H14N6/c1-3-11-4-2-9(1)16-6-10(5-14-16)15-7-12-13-8-15/h5-9,11H,1-4H2. The van der Waals surface area contributed by atoms with Crippen molar-refractivity contribution in [3.05, 3.63) is 25.0 Å². The van der Waals surface area contributed by atoms with Gasteiger partial charge in [0.2, 0.25) is 0 Å². The summed E-state index contributed by atoms with van der Waals surface area (Å²) in [7, 11) is 0. The summed E-state index contributed by atoms with van der Waals surface area (Å²) in [5, 5.41) is 15.3. The molecular formula is C10H14N6. The molecule has 16 heavy (non-hydrogen) atoms. The Morgan fingerprint density at radius 1 is 1.19 bits per heavy atom. The topological polar surface area (TPSA) is 60.6 Å². The van der Waals surface area contributed by atoms with E-state index in [2.05, 4.69) is 31.5 Å². The van der Waals surface area contributed by atoms with Crippen LogP contribution in [-0.4, -0.2) is 37.6 Å². The predicted octanol–water partition coefficient (Wildman–Crippen LogP) is 0.388.